The summed E-state index contributed by atoms with van der Waals surface area (Å²) < 4.78 is 0. The van der Waals surface area contributed by atoms with Crippen molar-refractivity contribution in [3.63, 3.8) is 0 Å². The molecule has 3 unspecified atom stereocenters. The van der Waals surface area contributed by atoms with Gasteiger partial charge in [0.1, 0.15) is 6.10 Å². The predicted octanol–water partition coefficient (Wildman–Crippen LogP) is 15.6. The smallest absolute Gasteiger partial charge is 0.249 e. The standard InChI is InChI=1S/C52H103NO4/c1-3-5-7-9-11-13-15-17-19-21-22-23-24-25-26-27-28-29-30-31-33-35-37-39-41-43-45-47-51(56)52(57)53-49(48-54)50(55)46-44-42-40-38-36-34-32-20-18-16-14-12-10-8-6-4-2/h25-26,49-51,54-56H,3-24,27-48H2,1-2H3,(H,53,57)/b26-25-. The summed E-state index contributed by atoms with van der Waals surface area (Å²) in [6, 6.07) is -0.709. The number of nitrogens with one attached hydrogen (secondary N) is 1. The molecule has 0 bridgehead atoms. The fourth-order valence-corrected chi connectivity index (χ4v) is 8.31. The van der Waals surface area contributed by atoms with Crippen molar-refractivity contribution in [2.45, 2.75) is 308 Å². The Morgan fingerprint density at radius 1 is 0.404 bits per heavy atom. The average Bonchev–Trinajstić information content (AvgIpc) is 3.22. The number of unbranched alkanes of at least 4 members (excludes halogenated alkanes) is 38. The third kappa shape index (κ3) is 43.0. The quantitative estimate of drug-likeness (QED) is 0.0364. The second-order valence-electron chi connectivity index (χ2n) is 18.1. The van der Waals surface area contributed by atoms with E-state index in [2.05, 4.69) is 31.3 Å². The lowest BCUT2D eigenvalue weighted by atomic mass is 10.0. The van der Waals surface area contributed by atoms with E-state index in [4.69, 9.17) is 0 Å². The highest BCUT2D eigenvalue weighted by atomic mass is 16.3. The lowest BCUT2D eigenvalue weighted by Crippen LogP contribution is -2.49. The van der Waals surface area contributed by atoms with E-state index in [-0.39, 0.29) is 6.61 Å². The van der Waals surface area contributed by atoms with E-state index in [1.54, 1.807) is 0 Å². The molecule has 0 aliphatic carbocycles. The molecule has 0 aromatic carbocycles. The second-order valence-corrected chi connectivity index (χ2v) is 18.1. The Balaban J connectivity index is 3.53. The maximum Gasteiger partial charge on any atom is 0.249 e. The van der Waals surface area contributed by atoms with Crippen molar-refractivity contribution in [1.29, 1.82) is 0 Å². The van der Waals surface area contributed by atoms with Crippen LogP contribution in [0.4, 0.5) is 0 Å². The van der Waals surface area contributed by atoms with Crippen LogP contribution in [0.2, 0.25) is 0 Å². The zero-order valence-corrected chi connectivity index (χ0v) is 38.7. The van der Waals surface area contributed by atoms with Gasteiger partial charge in [-0.15, -0.1) is 0 Å². The number of rotatable bonds is 48. The Hall–Kier alpha value is -0.910. The largest absolute Gasteiger partial charge is 0.394 e. The van der Waals surface area contributed by atoms with Crippen molar-refractivity contribution in [2.75, 3.05) is 6.61 Å². The first-order valence-electron chi connectivity index (χ1n) is 26.0. The highest BCUT2D eigenvalue weighted by Gasteiger charge is 2.23. The van der Waals surface area contributed by atoms with Crippen LogP contribution in [-0.4, -0.2) is 46.1 Å². The Morgan fingerprint density at radius 3 is 0.965 bits per heavy atom. The van der Waals surface area contributed by atoms with Crippen molar-refractivity contribution >= 4 is 5.91 Å². The van der Waals surface area contributed by atoms with Crippen molar-refractivity contribution < 1.29 is 20.1 Å². The first-order valence-corrected chi connectivity index (χ1v) is 26.0. The van der Waals surface area contributed by atoms with Crippen LogP contribution in [-0.2, 0) is 4.79 Å². The molecule has 57 heavy (non-hydrogen) atoms. The molecule has 0 rings (SSSR count). The van der Waals surface area contributed by atoms with Gasteiger partial charge >= 0.3 is 0 Å². The molecule has 0 saturated heterocycles. The zero-order valence-electron chi connectivity index (χ0n) is 38.7. The van der Waals surface area contributed by atoms with Crippen LogP contribution in [0, 0.1) is 0 Å². The van der Waals surface area contributed by atoms with Gasteiger partial charge in [-0.2, -0.15) is 0 Å². The first kappa shape index (κ1) is 56.1. The molecule has 0 aliphatic heterocycles. The van der Waals surface area contributed by atoms with Gasteiger partial charge in [-0.3, -0.25) is 4.79 Å². The highest BCUT2D eigenvalue weighted by molar-refractivity contribution is 5.80. The number of amides is 1. The van der Waals surface area contributed by atoms with Gasteiger partial charge in [-0.05, 0) is 38.5 Å². The molecule has 340 valence electrons. The van der Waals surface area contributed by atoms with E-state index in [1.165, 1.54) is 231 Å². The van der Waals surface area contributed by atoms with E-state index in [9.17, 15) is 20.1 Å². The van der Waals surface area contributed by atoms with Gasteiger partial charge in [0.2, 0.25) is 5.91 Å². The summed E-state index contributed by atoms with van der Waals surface area (Å²) in [5, 5.41) is 33.4. The summed E-state index contributed by atoms with van der Waals surface area (Å²) in [5.41, 5.74) is 0. The van der Waals surface area contributed by atoms with Gasteiger partial charge in [0.05, 0.1) is 18.8 Å². The molecule has 4 N–H and O–H groups in total. The molecule has 1 amide bonds. The van der Waals surface area contributed by atoms with Crippen molar-refractivity contribution in [1.82, 2.24) is 5.32 Å². The number of hydrogen-bond donors (Lipinski definition) is 4. The fourth-order valence-electron chi connectivity index (χ4n) is 8.31. The Labute approximate surface area is 357 Å². The summed E-state index contributed by atoms with van der Waals surface area (Å²) >= 11 is 0. The second kappa shape index (κ2) is 47.8. The van der Waals surface area contributed by atoms with Crippen molar-refractivity contribution in [3.05, 3.63) is 12.2 Å². The molecule has 5 heteroatoms. The summed E-state index contributed by atoms with van der Waals surface area (Å²) in [6.45, 7) is 4.26. The van der Waals surface area contributed by atoms with Gasteiger partial charge in [-0.25, -0.2) is 0 Å². The van der Waals surface area contributed by atoms with E-state index >= 15 is 0 Å². The van der Waals surface area contributed by atoms with Crippen LogP contribution in [0.15, 0.2) is 12.2 Å². The average molecular weight is 806 g/mol. The minimum Gasteiger partial charge on any atom is -0.394 e. The van der Waals surface area contributed by atoms with E-state index < -0.39 is 24.2 Å². The minimum atomic E-state index is -1.07. The Morgan fingerprint density at radius 2 is 0.667 bits per heavy atom. The number of hydrogen-bond acceptors (Lipinski definition) is 4. The van der Waals surface area contributed by atoms with E-state index in [0.29, 0.717) is 12.8 Å². The van der Waals surface area contributed by atoms with Crippen LogP contribution >= 0.6 is 0 Å². The number of carbonyl (C=O) groups excluding carboxylic acids is 1. The molecule has 0 heterocycles. The first-order chi connectivity index (χ1) is 28.1. The lowest BCUT2D eigenvalue weighted by molar-refractivity contribution is -0.131. The maximum absolute atomic E-state index is 12.5. The molecule has 0 aromatic heterocycles. The van der Waals surface area contributed by atoms with E-state index in [0.717, 1.165) is 32.1 Å². The number of aliphatic hydroxyl groups is 3. The van der Waals surface area contributed by atoms with Crippen LogP contribution in [0.5, 0.6) is 0 Å². The predicted molar refractivity (Wildman–Crippen MR) is 250 cm³/mol. The maximum atomic E-state index is 12.5. The van der Waals surface area contributed by atoms with Gasteiger partial charge in [0, 0.05) is 0 Å². The van der Waals surface area contributed by atoms with Gasteiger partial charge in [-0.1, -0.05) is 264 Å². The zero-order chi connectivity index (χ0) is 41.5. The SMILES string of the molecule is CCCCCCCCCCCCCC/C=C\CCCCCCCCCCCCCC(O)C(=O)NC(CO)C(O)CCCCCCCCCCCCCCCCCC. The minimum absolute atomic E-state index is 0.310. The van der Waals surface area contributed by atoms with Gasteiger partial charge in [0.25, 0.3) is 0 Å². The van der Waals surface area contributed by atoms with Gasteiger partial charge < -0.3 is 20.6 Å². The van der Waals surface area contributed by atoms with Crippen molar-refractivity contribution in [2.24, 2.45) is 0 Å². The highest BCUT2D eigenvalue weighted by Crippen LogP contribution is 2.17. The molecule has 0 aliphatic rings. The molecular formula is C52H103NO4. The number of allylic oxidation sites excluding steroid dienone is 2. The Bertz CT molecular complexity index is 803. The van der Waals surface area contributed by atoms with Crippen LogP contribution in [0.25, 0.3) is 0 Å². The number of aliphatic hydroxyl groups excluding tert-OH is 3. The molecule has 5 nitrogen and oxygen atoms in total. The fraction of sp³-hybridized carbons (Fsp3) is 0.942. The third-order valence-corrected chi connectivity index (χ3v) is 12.4. The van der Waals surface area contributed by atoms with E-state index in [1.807, 2.05) is 0 Å². The molecule has 0 aromatic rings. The lowest BCUT2D eigenvalue weighted by Gasteiger charge is -2.23. The molecule has 0 radical (unpaired) electrons. The molecule has 0 fully saturated rings. The van der Waals surface area contributed by atoms with Crippen LogP contribution in [0.1, 0.15) is 290 Å². The summed E-state index contributed by atoms with van der Waals surface area (Å²) in [4.78, 5) is 12.5. The normalized spacial score (nSPS) is 13.4. The third-order valence-electron chi connectivity index (χ3n) is 12.4. The summed E-state index contributed by atoms with van der Waals surface area (Å²) in [5.74, 6) is -0.467. The molecule has 3 atom stereocenters. The van der Waals surface area contributed by atoms with Crippen LogP contribution < -0.4 is 5.32 Å². The summed E-state index contributed by atoms with van der Waals surface area (Å²) in [7, 11) is 0. The summed E-state index contributed by atoms with van der Waals surface area (Å²) in [6.07, 6.45) is 58.1. The molecular weight excluding hydrogens is 703 g/mol. The molecule has 0 saturated carbocycles. The number of carbonyl (C=O) groups is 1. The van der Waals surface area contributed by atoms with Crippen LogP contribution in [0.3, 0.4) is 0 Å². The topological polar surface area (TPSA) is 89.8 Å². The molecule has 0 spiro atoms. The van der Waals surface area contributed by atoms with Crippen molar-refractivity contribution in [3.8, 4) is 0 Å². The van der Waals surface area contributed by atoms with Gasteiger partial charge in [0.15, 0.2) is 0 Å². The monoisotopic (exact) mass is 806 g/mol. The Kier molecular flexibility index (Phi) is 47.0.